The van der Waals surface area contributed by atoms with Gasteiger partial charge >= 0.3 is 0 Å². The second kappa shape index (κ2) is 5.37. The Balaban J connectivity index is 2.20. The van der Waals surface area contributed by atoms with Crippen LogP contribution in [0.25, 0.3) is 0 Å². The summed E-state index contributed by atoms with van der Waals surface area (Å²) in [6.07, 6.45) is -0.490. The third-order valence-electron chi connectivity index (χ3n) is 3.16. The summed E-state index contributed by atoms with van der Waals surface area (Å²) in [5, 5.41) is 9.46. The van der Waals surface area contributed by atoms with E-state index in [-0.39, 0.29) is 5.91 Å². The van der Waals surface area contributed by atoms with E-state index >= 15 is 0 Å². The van der Waals surface area contributed by atoms with E-state index in [0.29, 0.717) is 19.8 Å². The number of nitrogens with two attached hydrogens (primary N) is 1. The van der Waals surface area contributed by atoms with Crippen LogP contribution < -0.4 is 10.6 Å². The first-order valence-electron chi connectivity index (χ1n) is 6.01. The number of ether oxygens (including phenoxy) is 1. The predicted molar refractivity (Wildman–Crippen MR) is 68.2 cm³/mol. The highest BCUT2D eigenvalue weighted by atomic mass is 16.5. The highest BCUT2D eigenvalue weighted by molar-refractivity contribution is 5.84. The molecule has 18 heavy (non-hydrogen) atoms. The molecule has 0 aliphatic carbocycles. The zero-order valence-electron chi connectivity index (χ0n) is 10.4. The van der Waals surface area contributed by atoms with Crippen molar-refractivity contribution in [3.8, 4) is 0 Å². The summed E-state index contributed by atoms with van der Waals surface area (Å²) < 4.78 is 5.27. The summed E-state index contributed by atoms with van der Waals surface area (Å²) in [5.41, 5.74) is 7.14. The molecule has 0 spiro atoms. The predicted octanol–water partition coefficient (Wildman–Crippen LogP) is 0.430. The number of primary amides is 1. The van der Waals surface area contributed by atoms with Gasteiger partial charge in [0.2, 0.25) is 5.91 Å². The quantitative estimate of drug-likeness (QED) is 0.815. The molecular weight excluding hydrogens is 232 g/mol. The van der Waals surface area contributed by atoms with Crippen molar-refractivity contribution in [1.82, 2.24) is 0 Å². The van der Waals surface area contributed by atoms with Crippen LogP contribution in [-0.4, -0.2) is 36.8 Å². The molecule has 1 unspecified atom stereocenters. The van der Waals surface area contributed by atoms with Gasteiger partial charge in [-0.1, -0.05) is 12.1 Å². The second-order valence-corrected chi connectivity index (χ2v) is 4.45. The number of hydrogen-bond donors (Lipinski definition) is 2. The lowest BCUT2D eigenvalue weighted by atomic mass is 10.1. The fourth-order valence-corrected chi connectivity index (χ4v) is 2.09. The van der Waals surface area contributed by atoms with Crippen molar-refractivity contribution in [3.05, 3.63) is 29.8 Å². The maximum atomic E-state index is 11.4. The van der Waals surface area contributed by atoms with Crippen LogP contribution in [0.4, 0.5) is 5.69 Å². The van der Waals surface area contributed by atoms with Crippen LogP contribution in [0.3, 0.4) is 0 Å². The van der Waals surface area contributed by atoms with Crippen molar-refractivity contribution in [2.24, 2.45) is 5.73 Å². The first kappa shape index (κ1) is 12.9. The molecular formula is C13H18N2O3. The zero-order valence-corrected chi connectivity index (χ0v) is 10.4. The molecule has 5 nitrogen and oxygen atoms in total. The van der Waals surface area contributed by atoms with Gasteiger partial charge in [0.25, 0.3) is 0 Å². The number of benzene rings is 1. The minimum absolute atomic E-state index is 0.327. The van der Waals surface area contributed by atoms with E-state index in [1.807, 2.05) is 29.2 Å². The van der Waals surface area contributed by atoms with Crippen molar-refractivity contribution < 1.29 is 14.6 Å². The maximum absolute atomic E-state index is 11.4. The highest BCUT2D eigenvalue weighted by Crippen LogP contribution is 2.22. The Morgan fingerprint density at radius 1 is 1.50 bits per heavy atom. The Morgan fingerprint density at radius 2 is 2.17 bits per heavy atom. The first-order valence-corrected chi connectivity index (χ1v) is 6.01. The van der Waals surface area contributed by atoms with Crippen molar-refractivity contribution >= 4 is 11.6 Å². The zero-order chi connectivity index (χ0) is 13.1. The summed E-state index contributed by atoms with van der Waals surface area (Å²) >= 11 is 0. The number of carbonyl (C=O) groups is 1. The molecule has 1 aromatic rings. The lowest BCUT2D eigenvalue weighted by Crippen LogP contribution is -2.52. The van der Waals surface area contributed by atoms with Gasteiger partial charge in [0, 0.05) is 12.2 Å². The van der Waals surface area contributed by atoms with Crippen LogP contribution >= 0.6 is 0 Å². The van der Waals surface area contributed by atoms with Crippen LogP contribution in [0, 0.1) is 0 Å². The number of hydrogen-bond acceptors (Lipinski definition) is 4. The summed E-state index contributed by atoms with van der Waals surface area (Å²) in [7, 11) is 0. The molecule has 98 valence electrons. The number of carbonyl (C=O) groups excluding carboxylic acids is 1. The van der Waals surface area contributed by atoms with Crippen LogP contribution in [0.1, 0.15) is 18.6 Å². The lowest BCUT2D eigenvalue weighted by molar-refractivity contribution is -0.121. The molecule has 5 heteroatoms. The molecule has 1 heterocycles. The number of aliphatic hydroxyl groups is 1. The van der Waals surface area contributed by atoms with Crippen molar-refractivity contribution in [2.45, 2.75) is 19.1 Å². The molecule has 2 rings (SSSR count). The van der Waals surface area contributed by atoms with Crippen molar-refractivity contribution in [1.29, 1.82) is 0 Å². The molecule has 1 aliphatic rings. The van der Waals surface area contributed by atoms with E-state index in [0.717, 1.165) is 11.3 Å². The average Bonchev–Trinajstić information content (AvgIpc) is 2.39. The van der Waals surface area contributed by atoms with E-state index < -0.39 is 12.1 Å². The van der Waals surface area contributed by atoms with Crippen LogP contribution in [0.5, 0.6) is 0 Å². The molecule has 1 amide bonds. The first-order chi connectivity index (χ1) is 8.59. The van der Waals surface area contributed by atoms with Gasteiger partial charge in [-0.2, -0.15) is 0 Å². The van der Waals surface area contributed by atoms with E-state index in [1.54, 1.807) is 6.92 Å². The Hall–Kier alpha value is -1.59. The Morgan fingerprint density at radius 3 is 2.72 bits per heavy atom. The van der Waals surface area contributed by atoms with E-state index in [4.69, 9.17) is 10.5 Å². The number of nitrogens with zero attached hydrogens (tertiary/aromatic N) is 1. The van der Waals surface area contributed by atoms with Crippen molar-refractivity contribution in [3.63, 3.8) is 0 Å². The smallest absolute Gasteiger partial charge is 0.242 e. The molecule has 2 atom stereocenters. The van der Waals surface area contributed by atoms with Crippen LogP contribution in [-0.2, 0) is 9.53 Å². The van der Waals surface area contributed by atoms with Gasteiger partial charge in [-0.25, -0.2) is 0 Å². The molecule has 0 radical (unpaired) electrons. The SMILES string of the molecule is C[C@@H](O)c1ccc(N2CCOCC2C(N)=O)cc1. The molecule has 0 aromatic heterocycles. The van der Waals surface area contributed by atoms with Crippen molar-refractivity contribution in [2.75, 3.05) is 24.7 Å². The molecule has 3 N–H and O–H groups in total. The Kier molecular flexibility index (Phi) is 3.84. The largest absolute Gasteiger partial charge is 0.389 e. The Bertz CT molecular complexity index is 417. The minimum Gasteiger partial charge on any atom is -0.389 e. The third kappa shape index (κ3) is 2.63. The number of aliphatic hydroxyl groups excluding tert-OH is 1. The number of amides is 1. The fourth-order valence-electron chi connectivity index (χ4n) is 2.09. The minimum atomic E-state index is -0.490. The number of anilines is 1. The number of morpholine rings is 1. The maximum Gasteiger partial charge on any atom is 0.242 e. The van der Waals surface area contributed by atoms with E-state index in [2.05, 4.69) is 0 Å². The summed E-state index contributed by atoms with van der Waals surface area (Å²) in [6, 6.07) is 7.07. The van der Waals surface area contributed by atoms with Crippen LogP contribution in [0.2, 0.25) is 0 Å². The Labute approximate surface area is 106 Å². The summed E-state index contributed by atoms with van der Waals surface area (Å²) in [4.78, 5) is 13.3. The van der Waals surface area contributed by atoms with Gasteiger partial charge in [-0.3, -0.25) is 4.79 Å². The molecule has 1 aliphatic heterocycles. The van der Waals surface area contributed by atoms with Gasteiger partial charge < -0.3 is 20.5 Å². The van der Waals surface area contributed by atoms with Gasteiger partial charge in [0.1, 0.15) is 6.04 Å². The molecule has 0 bridgehead atoms. The summed E-state index contributed by atoms with van der Waals surface area (Å²) in [5.74, 6) is -0.380. The normalized spacial score (nSPS) is 21.7. The van der Waals surface area contributed by atoms with Crippen LogP contribution in [0.15, 0.2) is 24.3 Å². The van der Waals surface area contributed by atoms with E-state index in [1.165, 1.54) is 0 Å². The van der Waals surface area contributed by atoms with Gasteiger partial charge in [-0.05, 0) is 24.6 Å². The molecule has 0 saturated carbocycles. The van der Waals surface area contributed by atoms with E-state index in [9.17, 15) is 9.90 Å². The monoisotopic (exact) mass is 250 g/mol. The summed E-state index contributed by atoms with van der Waals surface area (Å²) in [6.45, 7) is 3.27. The molecule has 1 saturated heterocycles. The fraction of sp³-hybridized carbons (Fsp3) is 0.462. The second-order valence-electron chi connectivity index (χ2n) is 4.45. The highest BCUT2D eigenvalue weighted by Gasteiger charge is 2.27. The lowest BCUT2D eigenvalue weighted by Gasteiger charge is -2.35. The topological polar surface area (TPSA) is 75.8 Å². The average molecular weight is 250 g/mol. The molecule has 1 aromatic carbocycles. The third-order valence-corrected chi connectivity index (χ3v) is 3.16. The van der Waals surface area contributed by atoms with Gasteiger partial charge in [0.05, 0.1) is 19.3 Å². The standard InChI is InChI=1S/C13H18N2O3/c1-9(16)10-2-4-11(5-3-10)15-6-7-18-8-12(15)13(14)17/h2-5,9,12,16H,6-8H2,1H3,(H2,14,17)/t9-,12?/m1/s1. The number of rotatable bonds is 3. The molecule has 1 fully saturated rings. The van der Waals surface area contributed by atoms with Gasteiger partial charge in [-0.15, -0.1) is 0 Å². The van der Waals surface area contributed by atoms with Gasteiger partial charge in [0.15, 0.2) is 0 Å².